The minimum absolute atomic E-state index is 0.972. The van der Waals surface area contributed by atoms with E-state index >= 15 is 0 Å². The number of hydrogen-bond donors (Lipinski definition) is 0. The lowest BCUT2D eigenvalue weighted by atomic mass is 10.0. The Morgan fingerprint density at radius 2 is 1.90 bits per heavy atom. The number of benzene rings is 1. The van der Waals surface area contributed by atoms with Crippen LogP contribution in [-0.2, 0) is 6.42 Å². The van der Waals surface area contributed by atoms with Crippen LogP contribution in [0.2, 0.25) is 0 Å². The lowest BCUT2D eigenvalue weighted by Gasteiger charge is -2.01. The molecule has 2 aliphatic rings. The van der Waals surface area contributed by atoms with E-state index in [1.54, 1.807) is 0 Å². The van der Waals surface area contributed by atoms with Gasteiger partial charge in [-0.3, -0.25) is 0 Å². The number of aryl methyl sites for hydroxylation is 1. The van der Waals surface area contributed by atoms with Crippen molar-refractivity contribution in [3.05, 3.63) is 76.1 Å². The zero-order valence-electron chi connectivity index (χ0n) is 12.4. The normalized spacial score (nSPS) is 14.7. The summed E-state index contributed by atoms with van der Waals surface area (Å²) < 4.78 is 5.79. The summed E-state index contributed by atoms with van der Waals surface area (Å²) >= 11 is 0. The molecule has 0 bridgehead atoms. The molecule has 106 valence electrons. The molecule has 0 spiro atoms. The first-order valence-electron chi connectivity index (χ1n) is 7.51. The minimum atomic E-state index is 0.972. The fourth-order valence-electron chi connectivity index (χ4n) is 2.61. The minimum Gasteiger partial charge on any atom is -0.457 e. The standard InChI is InChI=1S/C13H12O.C7H8/c1-2-6-10-11-7-4-5-9-13(11)14-12(10)8-3-1;1-7-5-3-2-4-6-7/h1-2,5-6,8-9H,3-4,7H2;2-6H,1H3. The van der Waals surface area contributed by atoms with Crippen LogP contribution in [0.15, 0.2) is 53.0 Å². The van der Waals surface area contributed by atoms with Crippen LogP contribution in [0, 0.1) is 6.92 Å². The molecule has 0 unspecified atom stereocenters. The van der Waals surface area contributed by atoms with Crippen molar-refractivity contribution >= 4 is 18.2 Å². The van der Waals surface area contributed by atoms with Crippen molar-refractivity contribution in [2.45, 2.75) is 26.2 Å². The van der Waals surface area contributed by atoms with E-state index in [0.29, 0.717) is 0 Å². The lowest BCUT2D eigenvalue weighted by molar-refractivity contribution is 0.517. The van der Waals surface area contributed by atoms with E-state index in [1.807, 2.05) is 18.2 Å². The van der Waals surface area contributed by atoms with Crippen LogP contribution in [-0.4, -0.2) is 0 Å². The molecule has 1 nitrogen and oxygen atoms in total. The van der Waals surface area contributed by atoms with E-state index in [4.69, 9.17) is 4.42 Å². The Labute approximate surface area is 125 Å². The van der Waals surface area contributed by atoms with Crippen molar-refractivity contribution in [2.75, 3.05) is 0 Å². The van der Waals surface area contributed by atoms with Gasteiger partial charge in [0.05, 0.1) is 0 Å². The predicted octanol–water partition coefficient (Wildman–Crippen LogP) is 3.75. The third kappa shape index (κ3) is 3.25. The molecule has 0 atom stereocenters. The monoisotopic (exact) mass is 276 g/mol. The fraction of sp³-hybridized carbons (Fsp3) is 0.200. The Morgan fingerprint density at radius 3 is 2.67 bits per heavy atom. The molecular weight excluding hydrogens is 256 g/mol. The molecule has 0 radical (unpaired) electrons. The van der Waals surface area contributed by atoms with Gasteiger partial charge in [0.25, 0.3) is 0 Å². The highest BCUT2D eigenvalue weighted by atomic mass is 16.3. The molecule has 4 rings (SSSR count). The first-order chi connectivity index (χ1) is 10.3. The van der Waals surface area contributed by atoms with Crippen LogP contribution >= 0.6 is 0 Å². The summed E-state index contributed by atoms with van der Waals surface area (Å²) in [5, 5.41) is 1.29. The van der Waals surface area contributed by atoms with Crippen LogP contribution in [0.4, 0.5) is 0 Å². The zero-order valence-corrected chi connectivity index (χ0v) is 12.4. The lowest BCUT2D eigenvalue weighted by Crippen LogP contribution is -2.22. The molecule has 2 aliphatic carbocycles. The molecule has 1 heteroatoms. The van der Waals surface area contributed by atoms with Gasteiger partial charge in [-0.2, -0.15) is 0 Å². The predicted molar refractivity (Wildman–Crippen MR) is 89.2 cm³/mol. The molecule has 0 amide bonds. The first kappa shape index (κ1) is 13.7. The van der Waals surface area contributed by atoms with Gasteiger partial charge in [-0.25, -0.2) is 0 Å². The van der Waals surface area contributed by atoms with Crippen molar-refractivity contribution < 1.29 is 4.42 Å². The molecule has 0 N–H and O–H groups in total. The maximum atomic E-state index is 5.79. The first-order valence-corrected chi connectivity index (χ1v) is 7.51. The third-order valence-electron chi connectivity index (χ3n) is 3.72. The van der Waals surface area contributed by atoms with Gasteiger partial charge in [-0.05, 0) is 38.3 Å². The van der Waals surface area contributed by atoms with E-state index < -0.39 is 0 Å². The average molecular weight is 276 g/mol. The van der Waals surface area contributed by atoms with Crippen LogP contribution in [0.5, 0.6) is 0 Å². The highest BCUT2D eigenvalue weighted by Crippen LogP contribution is 2.14. The summed E-state index contributed by atoms with van der Waals surface area (Å²) in [6.07, 6.45) is 16.1. The maximum Gasteiger partial charge on any atom is 0.131 e. The molecule has 0 saturated heterocycles. The largest absolute Gasteiger partial charge is 0.457 e. The molecule has 21 heavy (non-hydrogen) atoms. The average Bonchev–Trinajstić information content (AvgIpc) is 2.70. The smallest absolute Gasteiger partial charge is 0.131 e. The van der Waals surface area contributed by atoms with Crippen LogP contribution in [0.3, 0.4) is 0 Å². The Balaban J connectivity index is 0.000000160. The molecule has 2 aromatic rings. The highest BCUT2D eigenvalue weighted by molar-refractivity contribution is 5.55. The van der Waals surface area contributed by atoms with Gasteiger partial charge >= 0.3 is 0 Å². The molecule has 0 aliphatic heterocycles. The van der Waals surface area contributed by atoms with Gasteiger partial charge in [0.1, 0.15) is 11.2 Å². The van der Waals surface area contributed by atoms with Crippen molar-refractivity contribution in [3.8, 4) is 0 Å². The van der Waals surface area contributed by atoms with Crippen LogP contribution in [0.25, 0.3) is 18.2 Å². The van der Waals surface area contributed by atoms with Crippen LogP contribution < -0.4 is 10.6 Å². The van der Waals surface area contributed by atoms with Gasteiger partial charge in [0.15, 0.2) is 0 Å². The quantitative estimate of drug-likeness (QED) is 0.714. The van der Waals surface area contributed by atoms with Gasteiger partial charge in [-0.15, -0.1) is 0 Å². The molecule has 1 aromatic carbocycles. The second-order valence-electron chi connectivity index (χ2n) is 5.35. The number of fused-ring (bicyclic) bond motifs is 3. The topological polar surface area (TPSA) is 13.1 Å². The molecule has 1 heterocycles. The van der Waals surface area contributed by atoms with Gasteiger partial charge < -0.3 is 4.42 Å². The maximum absolute atomic E-state index is 5.79. The Hall–Kier alpha value is -2.28. The van der Waals surface area contributed by atoms with E-state index in [1.165, 1.54) is 16.3 Å². The summed E-state index contributed by atoms with van der Waals surface area (Å²) in [7, 11) is 0. The van der Waals surface area contributed by atoms with Crippen molar-refractivity contribution in [1.29, 1.82) is 0 Å². The Kier molecular flexibility index (Phi) is 4.20. The Morgan fingerprint density at radius 1 is 1.05 bits per heavy atom. The summed E-state index contributed by atoms with van der Waals surface area (Å²) in [5.41, 5.74) is 3.75. The van der Waals surface area contributed by atoms with E-state index in [2.05, 4.69) is 55.5 Å². The van der Waals surface area contributed by atoms with E-state index in [-0.39, 0.29) is 0 Å². The molecule has 0 fully saturated rings. The number of allylic oxidation sites excluding steroid dienone is 3. The molecular formula is C20H20O. The van der Waals surface area contributed by atoms with Gasteiger partial charge in [0, 0.05) is 10.8 Å². The summed E-state index contributed by atoms with van der Waals surface area (Å²) in [4.78, 5) is 0. The number of hydrogen-bond acceptors (Lipinski definition) is 1. The molecule has 1 aromatic heterocycles. The number of furan rings is 1. The third-order valence-corrected chi connectivity index (χ3v) is 3.72. The van der Waals surface area contributed by atoms with Crippen molar-refractivity contribution in [1.82, 2.24) is 0 Å². The SMILES string of the molecule is C1=CCC=c2oc3c(c2=C1)CCC=C3.Cc1ccccc1. The highest BCUT2D eigenvalue weighted by Gasteiger charge is 2.11. The van der Waals surface area contributed by atoms with Gasteiger partial charge in [0.2, 0.25) is 0 Å². The van der Waals surface area contributed by atoms with E-state index in [0.717, 1.165) is 30.4 Å². The second kappa shape index (κ2) is 6.45. The molecule has 0 saturated carbocycles. The van der Waals surface area contributed by atoms with E-state index in [9.17, 15) is 0 Å². The van der Waals surface area contributed by atoms with Crippen molar-refractivity contribution in [3.63, 3.8) is 0 Å². The summed E-state index contributed by atoms with van der Waals surface area (Å²) in [5.74, 6) is 1.06. The van der Waals surface area contributed by atoms with Crippen LogP contribution in [0.1, 0.15) is 29.7 Å². The Bertz CT molecular complexity index is 773. The second-order valence-corrected chi connectivity index (χ2v) is 5.35. The summed E-state index contributed by atoms with van der Waals surface area (Å²) in [6.45, 7) is 2.08. The van der Waals surface area contributed by atoms with Crippen molar-refractivity contribution in [2.24, 2.45) is 0 Å². The van der Waals surface area contributed by atoms with Gasteiger partial charge in [-0.1, -0.05) is 60.2 Å². The summed E-state index contributed by atoms with van der Waals surface area (Å²) in [6, 6.07) is 10.3. The zero-order chi connectivity index (χ0) is 14.5. The fourth-order valence-corrected chi connectivity index (χ4v) is 2.61. The number of rotatable bonds is 0.